The highest BCUT2D eigenvalue weighted by Crippen LogP contribution is 2.27. The van der Waals surface area contributed by atoms with Crippen molar-refractivity contribution in [2.24, 2.45) is 0 Å². The van der Waals surface area contributed by atoms with Gasteiger partial charge in [-0.1, -0.05) is 0 Å². The fourth-order valence-corrected chi connectivity index (χ4v) is 1.97. The molecular formula is C12H15BrFNO3. The molecular weight excluding hydrogens is 305 g/mol. The normalized spacial score (nSPS) is 12.2. The summed E-state index contributed by atoms with van der Waals surface area (Å²) in [5, 5.41) is 11.8. The van der Waals surface area contributed by atoms with E-state index in [9.17, 15) is 9.18 Å². The Balaban J connectivity index is 2.85. The van der Waals surface area contributed by atoms with Gasteiger partial charge >= 0.3 is 5.97 Å². The fraction of sp³-hybridized carbons (Fsp3) is 0.417. The first kappa shape index (κ1) is 14.9. The lowest BCUT2D eigenvalue weighted by atomic mass is 10.1. The van der Waals surface area contributed by atoms with Gasteiger partial charge in [0.05, 0.1) is 15.7 Å². The van der Waals surface area contributed by atoms with Gasteiger partial charge in [-0.2, -0.15) is 0 Å². The number of carbonyl (C=O) groups is 1. The molecule has 1 rings (SSSR count). The molecule has 0 bridgehead atoms. The third-order valence-corrected chi connectivity index (χ3v) is 3.24. The van der Waals surface area contributed by atoms with E-state index in [2.05, 4.69) is 21.2 Å². The van der Waals surface area contributed by atoms with Gasteiger partial charge in [-0.25, -0.2) is 9.18 Å². The summed E-state index contributed by atoms with van der Waals surface area (Å²) in [5.41, 5.74) is 0.179. The summed E-state index contributed by atoms with van der Waals surface area (Å²) in [7, 11) is 1.60. The molecule has 0 aliphatic heterocycles. The zero-order chi connectivity index (χ0) is 13.7. The highest BCUT2D eigenvalue weighted by atomic mass is 79.9. The van der Waals surface area contributed by atoms with Crippen LogP contribution in [-0.2, 0) is 4.74 Å². The molecule has 1 atom stereocenters. The van der Waals surface area contributed by atoms with Crippen LogP contribution >= 0.6 is 15.9 Å². The number of methoxy groups -OCH3 is 1. The van der Waals surface area contributed by atoms with Crippen LogP contribution in [0.4, 0.5) is 10.1 Å². The van der Waals surface area contributed by atoms with Gasteiger partial charge in [0.2, 0.25) is 0 Å². The van der Waals surface area contributed by atoms with Crippen LogP contribution in [0.1, 0.15) is 23.7 Å². The monoisotopic (exact) mass is 319 g/mol. The van der Waals surface area contributed by atoms with Crippen LogP contribution in [0.15, 0.2) is 16.6 Å². The maximum absolute atomic E-state index is 13.9. The number of nitrogens with one attached hydrogen (secondary N) is 1. The van der Waals surface area contributed by atoms with Crippen molar-refractivity contribution in [2.75, 3.05) is 19.0 Å². The zero-order valence-corrected chi connectivity index (χ0v) is 11.8. The van der Waals surface area contributed by atoms with Crippen LogP contribution in [0.5, 0.6) is 0 Å². The molecule has 0 aromatic heterocycles. The molecule has 100 valence electrons. The molecule has 4 nitrogen and oxygen atoms in total. The van der Waals surface area contributed by atoms with Crippen LogP contribution in [0.3, 0.4) is 0 Å². The average molecular weight is 320 g/mol. The molecule has 0 radical (unpaired) electrons. The smallest absolute Gasteiger partial charge is 0.336 e. The number of hydrogen-bond donors (Lipinski definition) is 2. The lowest BCUT2D eigenvalue weighted by Gasteiger charge is -2.16. The number of rotatable bonds is 6. The topological polar surface area (TPSA) is 58.6 Å². The van der Waals surface area contributed by atoms with Crippen molar-refractivity contribution in [3.8, 4) is 0 Å². The molecule has 0 aliphatic rings. The molecule has 0 saturated heterocycles. The average Bonchev–Trinajstić information content (AvgIpc) is 2.32. The maximum Gasteiger partial charge on any atom is 0.336 e. The van der Waals surface area contributed by atoms with E-state index in [4.69, 9.17) is 9.84 Å². The molecule has 6 heteroatoms. The number of hydrogen-bond acceptors (Lipinski definition) is 3. The second kappa shape index (κ2) is 6.70. The van der Waals surface area contributed by atoms with Crippen LogP contribution in [0, 0.1) is 5.82 Å². The number of carboxylic acid groups (broad SMARTS) is 1. The van der Waals surface area contributed by atoms with E-state index in [1.165, 1.54) is 12.1 Å². The van der Waals surface area contributed by atoms with Crippen molar-refractivity contribution in [1.29, 1.82) is 0 Å². The number of ether oxygens (including phenoxy) is 1. The molecule has 0 heterocycles. The highest BCUT2D eigenvalue weighted by molar-refractivity contribution is 9.10. The minimum atomic E-state index is -1.17. The van der Waals surface area contributed by atoms with E-state index in [-0.39, 0.29) is 21.8 Å². The molecule has 0 aliphatic carbocycles. The third kappa shape index (κ3) is 3.68. The Labute approximate surface area is 113 Å². The summed E-state index contributed by atoms with van der Waals surface area (Å²) < 4.78 is 18.8. The summed E-state index contributed by atoms with van der Waals surface area (Å²) in [6, 6.07) is 2.82. The van der Waals surface area contributed by atoms with Crippen molar-refractivity contribution in [1.82, 2.24) is 0 Å². The van der Waals surface area contributed by atoms with Crippen molar-refractivity contribution < 1.29 is 19.0 Å². The van der Waals surface area contributed by atoms with Crippen LogP contribution in [0.2, 0.25) is 0 Å². The van der Waals surface area contributed by atoms with Crippen molar-refractivity contribution in [2.45, 2.75) is 19.4 Å². The molecule has 0 fully saturated rings. The molecule has 2 N–H and O–H groups in total. The second-order valence-electron chi connectivity index (χ2n) is 3.92. The molecule has 0 saturated carbocycles. The minimum Gasteiger partial charge on any atom is -0.478 e. The van der Waals surface area contributed by atoms with Crippen molar-refractivity contribution in [3.05, 3.63) is 28.0 Å². The molecule has 1 aromatic rings. The van der Waals surface area contributed by atoms with E-state index in [1.54, 1.807) is 7.11 Å². The predicted molar refractivity (Wildman–Crippen MR) is 70.6 cm³/mol. The van der Waals surface area contributed by atoms with Gasteiger partial charge in [-0.15, -0.1) is 0 Å². The Hall–Kier alpha value is -1.14. The van der Waals surface area contributed by atoms with Crippen molar-refractivity contribution >= 4 is 27.6 Å². The van der Waals surface area contributed by atoms with Gasteiger partial charge in [0.1, 0.15) is 0 Å². The van der Waals surface area contributed by atoms with Gasteiger partial charge in [-0.05, 0) is 41.4 Å². The Bertz CT molecular complexity index is 440. The lowest BCUT2D eigenvalue weighted by Crippen LogP contribution is -2.18. The highest BCUT2D eigenvalue weighted by Gasteiger charge is 2.16. The summed E-state index contributed by atoms with van der Waals surface area (Å²) in [6.45, 7) is 2.47. The van der Waals surface area contributed by atoms with Crippen molar-refractivity contribution in [3.63, 3.8) is 0 Å². The maximum atomic E-state index is 13.9. The van der Waals surface area contributed by atoms with E-state index in [0.29, 0.717) is 6.61 Å². The van der Waals surface area contributed by atoms with E-state index in [0.717, 1.165) is 6.42 Å². The molecule has 1 unspecified atom stereocenters. The number of carboxylic acids is 1. The lowest BCUT2D eigenvalue weighted by molar-refractivity contribution is 0.0695. The Morgan fingerprint density at radius 2 is 2.28 bits per heavy atom. The first-order valence-electron chi connectivity index (χ1n) is 5.44. The SMILES string of the molecule is COCCC(C)Nc1ccc(C(=O)O)c(Br)c1F. The van der Waals surface area contributed by atoms with Gasteiger partial charge in [0, 0.05) is 19.8 Å². The first-order chi connectivity index (χ1) is 8.47. The van der Waals surface area contributed by atoms with Crippen LogP contribution < -0.4 is 5.32 Å². The Morgan fingerprint density at radius 1 is 1.61 bits per heavy atom. The minimum absolute atomic E-state index is 0.0297. The Kier molecular flexibility index (Phi) is 5.55. The van der Waals surface area contributed by atoms with Crippen LogP contribution in [0.25, 0.3) is 0 Å². The van der Waals surface area contributed by atoms with Crippen LogP contribution in [-0.4, -0.2) is 30.8 Å². The van der Waals surface area contributed by atoms with Gasteiger partial charge in [0.15, 0.2) is 5.82 Å². The first-order valence-corrected chi connectivity index (χ1v) is 6.23. The molecule has 0 amide bonds. The fourth-order valence-electron chi connectivity index (χ4n) is 1.46. The summed E-state index contributed by atoms with van der Waals surface area (Å²) in [5.74, 6) is -1.76. The standard InChI is InChI=1S/C12H15BrFNO3/c1-7(5-6-18-2)15-9-4-3-8(12(16)17)10(13)11(9)14/h3-4,7,15H,5-6H2,1-2H3,(H,16,17). The third-order valence-electron chi connectivity index (χ3n) is 2.47. The molecule has 18 heavy (non-hydrogen) atoms. The summed E-state index contributed by atoms with van der Waals surface area (Å²) >= 11 is 2.95. The summed E-state index contributed by atoms with van der Waals surface area (Å²) in [4.78, 5) is 10.8. The van der Waals surface area contributed by atoms with Gasteiger partial charge in [-0.3, -0.25) is 0 Å². The van der Waals surface area contributed by atoms with Gasteiger partial charge in [0.25, 0.3) is 0 Å². The quantitative estimate of drug-likeness (QED) is 0.845. The van der Waals surface area contributed by atoms with E-state index >= 15 is 0 Å². The van der Waals surface area contributed by atoms with Gasteiger partial charge < -0.3 is 15.2 Å². The molecule has 0 spiro atoms. The number of anilines is 1. The zero-order valence-electron chi connectivity index (χ0n) is 10.2. The number of benzene rings is 1. The largest absolute Gasteiger partial charge is 0.478 e. The number of aromatic carboxylic acids is 1. The van der Waals surface area contributed by atoms with E-state index in [1.807, 2.05) is 6.92 Å². The Morgan fingerprint density at radius 3 is 2.83 bits per heavy atom. The summed E-state index contributed by atoms with van der Waals surface area (Å²) in [6.07, 6.45) is 0.730. The van der Waals surface area contributed by atoms with E-state index < -0.39 is 11.8 Å². The number of halogens is 2. The predicted octanol–water partition coefficient (Wildman–Crippen LogP) is 3.12. The second-order valence-corrected chi connectivity index (χ2v) is 4.71. The molecule has 1 aromatic carbocycles.